The van der Waals surface area contributed by atoms with E-state index < -0.39 is 0 Å². The normalized spacial score (nSPS) is 20.3. The highest BCUT2D eigenvalue weighted by atomic mass is 16.5. The second-order valence-corrected chi connectivity index (χ2v) is 5.21. The Balaban J connectivity index is 2.01. The molecule has 1 aromatic rings. The molecule has 2 atom stereocenters. The Kier molecular flexibility index (Phi) is 4.96. The van der Waals surface area contributed by atoms with Crippen molar-refractivity contribution in [3.63, 3.8) is 0 Å². The highest BCUT2D eigenvalue weighted by molar-refractivity contribution is 5.47. The van der Waals surface area contributed by atoms with Crippen molar-refractivity contribution in [2.24, 2.45) is 5.92 Å². The second-order valence-electron chi connectivity index (χ2n) is 5.21. The molecule has 1 aliphatic heterocycles. The van der Waals surface area contributed by atoms with Gasteiger partial charge in [0.05, 0.1) is 6.61 Å². The van der Waals surface area contributed by atoms with Gasteiger partial charge in [0.15, 0.2) is 0 Å². The number of hydrogen-bond acceptors (Lipinski definition) is 5. The number of hydrogen-bond donors (Lipinski definition) is 2. The molecule has 2 N–H and O–H groups in total. The Bertz CT molecular complexity index is 404. The topological polar surface area (TPSA) is 59.1 Å². The summed E-state index contributed by atoms with van der Waals surface area (Å²) in [6.07, 6.45) is 4.06. The van der Waals surface area contributed by atoms with Crippen LogP contribution in [0, 0.1) is 12.8 Å². The molecular formula is C14H24N4O. The molecule has 1 fully saturated rings. The summed E-state index contributed by atoms with van der Waals surface area (Å²) in [5, 5.41) is 6.72. The summed E-state index contributed by atoms with van der Waals surface area (Å²) >= 11 is 0. The fourth-order valence-electron chi connectivity index (χ4n) is 2.19. The van der Waals surface area contributed by atoms with Crippen LogP contribution in [-0.4, -0.2) is 35.8 Å². The minimum atomic E-state index is 0.370. The molecule has 1 aromatic heterocycles. The first-order valence-electron chi connectivity index (χ1n) is 7.12. The first-order chi connectivity index (χ1) is 9.20. The van der Waals surface area contributed by atoms with Gasteiger partial charge in [-0.2, -0.15) is 4.98 Å². The van der Waals surface area contributed by atoms with Crippen molar-refractivity contribution in [1.82, 2.24) is 9.97 Å². The molecule has 0 bridgehead atoms. The van der Waals surface area contributed by atoms with Gasteiger partial charge in [-0.05, 0) is 26.7 Å². The number of rotatable bonds is 6. The first kappa shape index (κ1) is 14.1. The molecule has 0 spiro atoms. The van der Waals surface area contributed by atoms with Crippen LogP contribution in [-0.2, 0) is 4.74 Å². The number of aromatic nitrogens is 2. The third kappa shape index (κ3) is 3.80. The molecule has 19 heavy (non-hydrogen) atoms. The van der Waals surface area contributed by atoms with Crippen LogP contribution in [0.15, 0.2) is 6.20 Å². The summed E-state index contributed by atoms with van der Waals surface area (Å²) in [7, 11) is 0. The predicted octanol–water partition coefficient (Wildman–Crippen LogP) is 2.44. The quantitative estimate of drug-likeness (QED) is 0.826. The fourth-order valence-corrected chi connectivity index (χ4v) is 2.19. The van der Waals surface area contributed by atoms with Crippen LogP contribution in [0.1, 0.15) is 32.3 Å². The molecule has 2 unspecified atom stereocenters. The maximum Gasteiger partial charge on any atom is 0.224 e. The van der Waals surface area contributed by atoms with Gasteiger partial charge in [-0.15, -0.1) is 0 Å². The summed E-state index contributed by atoms with van der Waals surface area (Å²) in [6.45, 7) is 8.98. The number of nitrogens with one attached hydrogen (secondary N) is 2. The minimum absolute atomic E-state index is 0.370. The van der Waals surface area contributed by atoms with E-state index in [1.807, 2.05) is 13.1 Å². The van der Waals surface area contributed by atoms with Gasteiger partial charge in [-0.1, -0.05) is 6.92 Å². The van der Waals surface area contributed by atoms with E-state index in [-0.39, 0.29) is 0 Å². The molecular weight excluding hydrogens is 240 g/mol. The number of anilines is 2. The van der Waals surface area contributed by atoms with E-state index >= 15 is 0 Å². The van der Waals surface area contributed by atoms with Crippen LogP contribution in [0.3, 0.4) is 0 Å². The lowest BCUT2D eigenvalue weighted by Crippen LogP contribution is -2.27. The van der Waals surface area contributed by atoms with E-state index in [0.717, 1.165) is 44.0 Å². The van der Waals surface area contributed by atoms with Gasteiger partial charge in [0.25, 0.3) is 0 Å². The smallest absolute Gasteiger partial charge is 0.224 e. The zero-order chi connectivity index (χ0) is 13.7. The van der Waals surface area contributed by atoms with E-state index in [0.29, 0.717) is 17.9 Å². The SMILES string of the molecule is CCCNc1ncc(C)c(NC(C)C2CCOC2)n1. The highest BCUT2D eigenvalue weighted by Crippen LogP contribution is 2.21. The molecule has 1 aliphatic rings. The lowest BCUT2D eigenvalue weighted by molar-refractivity contribution is 0.183. The van der Waals surface area contributed by atoms with Crippen LogP contribution < -0.4 is 10.6 Å². The standard InChI is InChI=1S/C14H24N4O/c1-4-6-15-14-16-8-10(2)13(18-14)17-11(3)12-5-7-19-9-12/h8,11-12H,4-7,9H2,1-3H3,(H2,15,16,17,18). The molecule has 5 heteroatoms. The number of nitrogens with zero attached hydrogens (tertiary/aromatic N) is 2. The van der Waals surface area contributed by atoms with E-state index in [1.165, 1.54) is 0 Å². The number of ether oxygens (including phenoxy) is 1. The van der Waals surface area contributed by atoms with Crippen LogP contribution in [0.4, 0.5) is 11.8 Å². The van der Waals surface area contributed by atoms with Gasteiger partial charge in [0.2, 0.25) is 5.95 Å². The summed E-state index contributed by atoms with van der Waals surface area (Å²) in [6, 6.07) is 0.370. The molecule has 0 aliphatic carbocycles. The monoisotopic (exact) mass is 264 g/mol. The van der Waals surface area contributed by atoms with Gasteiger partial charge in [-0.3, -0.25) is 0 Å². The Morgan fingerprint density at radius 2 is 2.37 bits per heavy atom. The van der Waals surface area contributed by atoms with E-state index in [1.54, 1.807) is 0 Å². The molecule has 0 aromatic carbocycles. The summed E-state index contributed by atoms with van der Waals surface area (Å²) in [5.74, 6) is 2.19. The van der Waals surface area contributed by atoms with Gasteiger partial charge in [0, 0.05) is 36.9 Å². The van der Waals surface area contributed by atoms with E-state index in [4.69, 9.17) is 4.74 Å². The van der Waals surface area contributed by atoms with Crippen LogP contribution in [0.5, 0.6) is 0 Å². The zero-order valence-electron chi connectivity index (χ0n) is 12.1. The third-order valence-corrected chi connectivity index (χ3v) is 3.54. The van der Waals surface area contributed by atoms with Crippen molar-refractivity contribution in [2.75, 3.05) is 30.4 Å². The zero-order valence-corrected chi connectivity index (χ0v) is 12.1. The van der Waals surface area contributed by atoms with Crippen molar-refractivity contribution in [3.8, 4) is 0 Å². The largest absolute Gasteiger partial charge is 0.381 e. The average molecular weight is 264 g/mol. The highest BCUT2D eigenvalue weighted by Gasteiger charge is 2.22. The molecule has 0 radical (unpaired) electrons. The number of aryl methyl sites for hydroxylation is 1. The van der Waals surface area contributed by atoms with Gasteiger partial charge in [-0.25, -0.2) is 4.98 Å². The molecule has 0 saturated carbocycles. The Labute approximate surface area is 115 Å². The van der Waals surface area contributed by atoms with Crippen LogP contribution in [0.2, 0.25) is 0 Å². The third-order valence-electron chi connectivity index (χ3n) is 3.54. The van der Waals surface area contributed by atoms with Gasteiger partial charge >= 0.3 is 0 Å². The summed E-state index contributed by atoms with van der Waals surface area (Å²) in [4.78, 5) is 8.84. The Morgan fingerprint density at radius 1 is 1.53 bits per heavy atom. The van der Waals surface area contributed by atoms with Gasteiger partial charge in [0.1, 0.15) is 5.82 Å². The second kappa shape index (κ2) is 6.70. The van der Waals surface area contributed by atoms with Gasteiger partial charge < -0.3 is 15.4 Å². The predicted molar refractivity (Wildman–Crippen MR) is 77.6 cm³/mol. The average Bonchev–Trinajstić information content (AvgIpc) is 2.93. The fraction of sp³-hybridized carbons (Fsp3) is 0.714. The summed E-state index contributed by atoms with van der Waals surface area (Å²) < 4.78 is 5.44. The molecule has 2 heterocycles. The van der Waals surface area contributed by atoms with Crippen molar-refractivity contribution >= 4 is 11.8 Å². The van der Waals surface area contributed by atoms with E-state index in [9.17, 15) is 0 Å². The maximum absolute atomic E-state index is 5.44. The molecule has 2 rings (SSSR count). The molecule has 0 amide bonds. The molecule has 106 valence electrons. The minimum Gasteiger partial charge on any atom is -0.381 e. The van der Waals surface area contributed by atoms with Crippen molar-refractivity contribution in [1.29, 1.82) is 0 Å². The lowest BCUT2D eigenvalue weighted by Gasteiger charge is -2.21. The maximum atomic E-state index is 5.44. The molecule has 5 nitrogen and oxygen atoms in total. The van der Waals surface area contributed by atoms with Crippen LogP contribution in [0.25, 0.3) is 0 Å². The van der Waals surface area contributed by atoms with Crippen molar-refractivity contribution in [2.45, 2.75) is 39.7 Å². The summed E-state index contributed by atoms with van der Waals surface area (Å²) in [5.41, 5.74) is 1.08. The van der Waals surface area contributed by atoms with E-state index in [2.05, 4.69) is 34.4 Å². The van der Waals surface area contributed by atoms with Crippen molar-refractivity contribution < 1.29 is 4.74 Å². The Hall–Kier alpha value is -1.36. The first-order valence-corrected chi connectivity index (χ1v) is 7.12. The van der Waals surface area contributed by atoms with Crippen molar-refractivity contribution in [3.05, 3.63) is 11.8 Å². The Morgan fingerprint density at radius 3 is 3.05 bits per heavy atom. The lowest BCUT2D eigenvalue weighted by atomic mass is 10.0. The molecule has 1 saturated heterocycles. The van der Waals surface area contributed by atoms with Crippen LogP contribution >= 0.6 is 0 Å².